The molecule has 0 unspecified atom stereocenters. The van der Waals surface area contributed by atoms with E-state index in [1.807, 2.05) is 12.2 Å². The molecular weight excluding hydrogens is 188 g/mol. The molecule has 0 aliphatic heterocycles. The van der Waals surface area contributed by atoms with E-state index in [9.17, 15) is 0 Å². The van der Waals surface area contributed by atoms with Gasteiger partial charge in [-0.25, -0.2) is 0 Å². The number of rotatable bonds is 3. The quantitative estimate of drug-likeness (QED) is 0.528. The van der Waals surface area contributed by atoms with Crippen LogP contribution in [0.1, 0.15) is 5.56 Å². The largest absolute Gasteiger partial charge is 0.130 e. The van der Waals surface area contributed by atoms with Crippen molar-refractivity contribution in [2.75, 3.05) is 12.1 Å². The van der Waals surface area contributed by atoms with E-state index >= 15 is 0 Å². The Bertz CT molecular complexity index is 268. The lowest BCUT2D eigenvalue weighted by molar-refractivity contribution is 1.45. The third-order valence-electron chi connectivity index (χ3n) is 1.49. The Balaban J connectivity index is 2.79. The number of hydrogen-bond acceptors (Lipinski definition) is 1. The first-order valence-corrected chi connectivity index (χ1v) is 5.49. The van der Waals surface area contributed by atoms with Crippen molar-refractivity contribution in [3.63, 3.8) is 0 Å². The van der Waals surface area contributed by atoms with Crippen LogP contribution >= 0.6 is 23.4 Å². The summed E-state index contributed by atoms with van der Waals surface area (Å²) in [4.78, 5) is 1.28. The first-order chi connectivity index (χ1) is 5.86. The second-order valence-electron chi connectivity index (χ2n) is 2.33. The van der Waals surface area contributed by atoms with E-state index in [1.165, 1.54) is 10.5 Å². The van der Waals surface area contributed by atoms with Gasteiger partial charge >= 0.3 is 0 Å². The third kappa shape index (κ3) is 2.92. The summed E-state index contributed by atoms with van der Waals surface area (Å²) in [5.74, 6) is 0.573. The molecule has 0 heterocycles. The van der Waals surface area contributed by atoms with Crippen LogP contribution in [0.5, 0.6) is 0 Å². The van der Waals surface area contributed by atoms with Crippen LogP contribution in [-0.2, 0) is 0 Å². The van der Waals surface area contributed by atoms with Gasteiger partial charge in [-0.15, -0.1) is 23.4 Å². The van der Waals surface area contributed by atoms with Gasteiger partial charge in [-0.1, -0.05) is 24.3 Å². The van der Waals surface area contributed by atoms with Gasteiger partial charge in [-0.05, 0) is 24.0 Å². The molecule has 2 heteroatoms. The van der Waals surface area contributed by atoms with Crippen LogP contribution in [0.3, 0.4) is 0 Å². The Morgan fingerprint density at radius 2 is 2.33 bits per heavy atom. The van der Waals surface area contributed by atoms with Gasteiger partial charge in [0.2, 0.25) is 0 Å². The number of hydrogen-bond donors (Lipinski definition) is 0. The van der Waals surface area contributed by atoms with E-state index in [-0.39, 0.29) is 0 Å². The highest BCUT2D eigenvalue weighted by Gasteiger charge is 1.89. The fourth-order valence-corrected chi connectivity index (χ4v) is 1.48. The summed E-state index contributed by atoms with van der Waals surface area (Å²) in [6, 6.07) is 8.37. The van der Waals surface area contributed by atoms with Crippen LogP contribution in [-0.4, -0.2) is 12.1 Å². The predicted molar refractivity (Wildman–Crippen MR) is 58.0 cm³/mol. The van der Waals surface area contributed by atoms with Crippen molar-refractivity contribution in [1.82, 2.24) is 0 Å². The number of benzene rings is 1. The van der Waals surface area contributed by atoms with Crippen molar-refractivity contribution in [1.29, 1.82) is 0 Å². The lowest BCUT2D eigenvalue weighted by Crippen LogP contribution is -1.73. The van der Waals surface area contributed by atoms with Crippen molar-refractivity contribution in [3.8, 4) is 0 Å². The highest BCUT2D eigenvalue weighted by Crippen LogP contribution is 2.16. The van der Waals surface area contributed by atoms with E-state index in [2.05, 4.69) is 30.5 Å². The van der Waals surface area contributed by atoms with Crippen LogP contribution in [0.25, 0.3) is 6.08 Å². The molecule has 0 saturated carbocycles. The molecule has 0 spiro atoms. The molecule has 0 N–H and O–H groups in total. The number of thioether (sulfide) groups is 1. The molecule has 1 aromatic rings. The van der Waals surface area contributed by atoms with Crippen molar-refractivity contribution in [3.05, 3.63) is 35.9 Å². The lowest BCUT2D eigenvalue weighted by Gasteiger charge is -1.96. The van der Waals surface area contributed by atoms with Crippen molar-refractivity contribution < 1.29 is 0 Å². The molecule has 1 rings (SSSR count). The maximum Gasteiger partial charge on any atom is 0.0407 e. The molecule has 12 heavy (non-hydrogen) atoms. The zero-order valence-electron chi connectivity index (χ0n) is 6.96. The van der Waals surface area contributed by atoms with Crippen LogP contribution in [0.2, 0.25) is 0 Å². The number of halogens is 1. The van der Waals surface area contributed by atoms with Gasteiger partial charge in [-0.3, -0.25) is 0 Å². The second kappa shape index (κ2) is 5.28. The summed E-state index contributed by atoms with van der Waals surface area (Å²) in [6.07, 6.45) is 6.05. The molecule has 0 aromatic heterocycles. The Hall–Kier alpha value is -0.400. The molecule has 0 amide bonds. The average molecular weight is 199 g/mol. The second-order valence-corrected chi connectivity index (χ2v) is 3.52. The van der Waals surface area contributed by atoms with E-state index in [0.717, 1.165) is 0 Å². The summed E-state index contributed by atoms with van der Waals surface area (Å²) >= 11 is 7.28. The Morgan fingerprint density at radius 3 is 3.00 bits per heavy atom. The van der Waals surface area contributed by atoms with E-state index in [4.69, 9.17) is 11.6 Å². The number of allylic oxidation sites excluding steroid dienone is 1. The van der Waals surface area contributed by atoms with Gasteiger partial charge in [0.25, 0.3) is 0 Å². The first kappa shape index (κ1) is 9.69. The molecule has 1 aromatic carbocycles. The Kier molecular flexibility index (Phi) is 4.26. The zero-order valence-corrected chi connectivity index (χ0v) is 8.53. The van der Waals surface area contributed by atoms with E-state index < -0.39 is 0 Å². The van der Waals surface area contributed by atoms with Gasteiger partial charge in [0.15, 0.2) is 0 Å². The minimum absolute atomic E-state index is 0.573. The van der Waals surface area contributed by atoms with Gasteiger partial charge in [0, 0.05) is 10.8 Å². The standard InChI is InChI=1S/C10H11ClS/c1-12-10-6-2-4-9(8-10)5-3-7-11/h2-6,8H,7H2,1H3. The van der Waals surface area contributed by atoms with Gasteiger partial charge < -0.3 is 0 Å². The minimum Gasteiger partial charge on any atom is -0.130 e. The molecule has 0 aliphatic carbocycles. The predicted octanol–water partition coefficient (Wildman–Crippen LogP) is 3.66. The normalized spacial score (nSPS) is 10.8. The van der Waals surface area contributed by atoms with Gasteiger partial charge in [0.1, 0.15) is 0 Å². The molecule has 0 atom stereocenters. The topological polar surface area (TPSA) is 0 Å². The highest BCUT2D eigenvalue weighted by atomic mass is 35.5. The van der Waals surface area contributed by atoms with Crippen LogP contribution in [0, 0.1) is 0 Å². The SMILES string of the molecule is CSc1cccc(C=CCCl)c1. The summed E-state index contributed by atoms with van der Waals surface area (Å²) in [5.41, 5.74) is 1.21. The maximum atomic E-state index is 5.53. The number of alkyl halides is 1. The minimum atomic E-state index is 0.573. The fraction of sp³-hybridized carbons (Fsp3) is 0.200. The van der Waals surface area contributed by atoms with Crippen LogP contribution in [0.4, 0.5) is 0 Å². The summed E-state index contributed by atoms with van der Waals surface area (Å²) < 4.78 is 0. The smallest absolute Gasteiger partial charge is 0.0407 e. The van der Waals surface area contributed by atoms with E-state index in [0.29, 0.717) is 5.88 Å². The molecule has 0 fully saturated rings. The molecule has 0 aliphatic rings. The van der Waals surface area contributed by atoms with Crippen molar-refractivity contribution in [2.24, 2.45) is 0 Å². The summed E-state index contributed by atoms with van der Waals surface area (Å²) in [7, 11) is 0. The Morgan fingerprint density at radius 1 is 1.50 bits per heavy atom. The molecule has 0 bridgehead atoms. The monoisotopic (exact) mass is 198 g/mol. The first-order valence-electron chi connectivity index (χ1n) is 3.73. The Labute approximate surface area is 82.6 Å². The van der Waals surface area contributed by atoms with E-state index in [1.54, 1.807) is 11.8 Å². The molecule has 64 valence electrons. The van der Waals surface area contributed by atoms with Gasteiger partial charge in [-0.2, -0.15) is 0 Å². The maximum absolute atomic E-state index is 5.53. The van der Waals surface area contributed by atoms with Crippen LogP contribution < -0.4 is 0 Å². The molecular formula is C10H11ClS. The lowest BCUT2D eigenvalue weighted by atomic mass is 10.2. The third-order valence-corrected chi connectivity index (χ3v) is 2.40. The highest BCUT2D eigenvalue weighted by molar-refractivity contribution is 7.98. The zero-order chi connectivity index (χ0) is 8.81. The summed E-state index contributed by atoms with van der Waals surface area (Å²) in [5, 5.41) is 0. The van der Waals surface area contributed by atoms with Crippen LogP contribution in [0.15, 0.2) is 35.2 Å². The summed E-state index contributed by atoms with van der Waals surface area (Å²) in [6.45, 7) is 0. The fourth-order valence-electron chi connectivity index (χ4n) is 0.926. The molecule has 0 radical (unpaired) electrons. The molecule has 0 nitrogen and oxygen atoms in total. The van der Waals surface area contributed by atoms with Gasteiger partial charge in [0.05, 0.1) is 0 Å². The average Bonchev–Trinajstić information content (AvgIpc) is 2.15. The van der Waals surface area contributed by atoms with Crippen molar-refractivity contribution in [2.45, 2.75) is 4.90 Å². The van der Waals surface area contributed by atoms with Crippen molar-refractivity contribution >= 4 is 29.4 Å². The molecule has 0 saturated heterocycles.